The minimum Gasteiger partial charge on any atom is -0.507 e. The van der Waals surface area contributed by atoms with Gasteiger partial charge in [0.1, 0.15) is 23.0 Å². The van der Waals surface area contributed by atoms with Crippen molar-refractivity contribution in [2.24, 2.45) is 5.92 Å². The Morgan fingerprint density at radius 1 is 0.821 bits per heavy atom. The van der Waals surface area contributed by atoms with Crippen LogP contribution in [-0.4, -0.2) is 36.1 Å². The molecule has 39 heavy (non-hydrogen) atoms. The number of aliphatic hydroxyl groups excluding tert-OH is 1. The largest absolute Gasteiger partial charge is 0.507 e. The van der Waals surface area contributed by atoms with Crippen LogP contribution in [-0.2, 0) is 9.59 Å². The van der Waals surface area contributed by atoms with Gasteiger partial charge in [-0.25, -0.2) is 0 Å². The molecule has 0 saturated carbocycles. The maximum absolute atomic E-state index is 13.4. The molecule has 3 aromatic rings. The normalized spacial score (nSPS) is 16.7. The minimum absolute atomic E-state index is 0.00201. The summed E-state index contributed by atoms with van der Waals surface area (Å²) in [4.78, 5) is 28.3. The van der Waals surface area contributed by atoms with Crippen LogP contribution in [0.5, 0.6) is 17.2 Å². The number of carbonyl (C=O) groups is 2. The molecule has 1 atom stereocenters. The van der Waals surface area contributed by atoms with Gasteiger partial charge in [-0.15, -0.1) is 0 Å². The maximum atomic E-state index is 13.4. The number of hydrogen-bond acceptors (Lipinski definition) is 6. The second-order valence-electron chi connectivity index (χ2n) is 10.1. The number of rotatable bonds is 10. The maximum Gasteiger partial charge on any atom is 0.300 e. The van der Waals surface area contributed by atoms with E-state index in [-0.39, 0.29) is 17.4 Å². The van der Waals surface area contributed by atoms with Gasteiger partial charge < -0.3 is 19.3 Å². The first-order valence-corrected chi connectivity index (χ1v) is 13.2. The number of ether oxygens (including phenoxy) is 3. The monoisotopic (exact) mass is 529 g/mol. The molecular weight excluding hydrogens is 494 g/mol. The minimum atomic E-state index is -0.840. The van der Waals surface area contributed by atoms with Gasteiger partial charge in [-0.2, -0.15) is 0 Å². The summed E-state index contributed by atoms with van der Waals surface area (Å²) in [5.74, 6) is 0.637. The highest BCUT2D eigenvalue weighted by molar-refractivity contribution is 6.51. The molecular formula is C32H35NO6. The quantitative estimate of drug-likeness (QED) is 0.183. The fraction of sp³-hybridized carbons (Fsp3) is 0.312. The number of nitrogens with zero attached hydrogens (tertiary/aromatic N) is 1. The summed E-state index contributed by atoms with van der Waals surface area (Å²) in [6.07, 6.45) is -0.00201. The number of benzene rings is 3. The predicted octanol–water partition coefficient (Wildman–Crippen LogP) is 6.53. The van der Waals surface area contributed by atoms with Crippen molar-refractivity contribution in [3.05, 3.63) is 89.5 Å². The fourth-order valence-corrected chi connectivity index (χ4v) is 4.41. The zero-order valence-corrected chi connectivity index (χ0v) is 23.0. The topological polar surface area (TPSA) is 85.3 Å². The third-order valence-electron chi connectivity index (χ3n) is 6.15. The molecule has 1 aliphatic rings. The van der Waals surface area contributed by atoms with Crippen LogP contribution in [0.15, 0.2) is 78.4 Å². The van der Waals surface area contributed by atoms with E-state index in [4.69, 9.17) is 14.2 Å². The number of aliphatic hydroxyl groups is 1. The molecule has 1 saturated heterocycles. The summed E-state index contributed by atoms with van der Waals surface area (Å²) >= 11 is 0. The van der Waals surface area contributed by atoms with Crippen molar-refractivity contribution in [1.29, 1.82) is 0 Å². The van der Waals surface area contributed by atoms with Crippen LogP contribution in [0.1, 0.15) is 51.8 Å². The van der Waals surface area contributed by atoms with Crippen LogP contribution in [0.25, 0.3) is 5.76 Å². The lowest BCUT2D eigenvalue weighted by Crippen LogP contribution is -2.29. The Balaban J connectivity index is 1.78. The van der Waals surface area contributed by atoms with Gasteiger partial charge in [-0.1, -0.05) is 26.0 Å². The molecule has 1 heterocycles. The van der Waals surface area contributed by atoms with Gasteiger partial charge in [0.25, 0.3) is 11.7 Å². The molecule has 7 nitrogen and oxygen atoms in total. The van der Waals surface area contributed by atoms with Gasteiger partial charge in [-0.05, 0) is 92.9 Å². The molecule has 0 spiro atoms. The lowest BCUT2D eigenvalue weighted by atomic mass is 9.95. The number of ketones is 1. The second kappa shape index (κ2) is 12.1. The first-order valence-electron chi connectivity index (χ1n) is 13.2. The Labute approximate surface area is 229 Å². The van der Waals surface area contributed by atoms with Crippen molar-refractivity contribution in [2.45, 2.75) is 46.8 Å². The number of carbonyl (C=O) groups excluding carboxylic acids is 2. The number of anilines is 1. The predicted molar refractivity (Wildman–Crippen MR) is 151 cm³/mol. The van der Waals surface area contributed by atoms with Crippen LogP contribution in [0.4, 0.5) is 5.69 Å². The van der Waals surface area contributed by atoms with E-state index in [0.717, 1.165) is 0 Å². The highest BCUT2D eigenvalue weighted by atomic mass is 16.5. The Morgan fingerprint density at radius 3 is 1.95 bits per heavy atom. The Bertz CT molecular complexity index is 1320. The van der Waals surface area contributed by atoms with E-state index in [1.807, 2.05) is 32.9 Å². The summed E-state index contributed by atoms with van der Waals surface area (Å²) in [6, 6.07) is 20.2. The third-order valence-corrected chi connectivity index (χ3v) is 6.15. The SMILES string of the molecule is CCOc1ccc(N2C(=O)C(=O)/C(=C(/O)c3ccc(OCC(C)C)cc3)C2c2ccc(OC(C)C)cc2)cc1. The van der Waals surface area contributed by atoms with Crippen molar-refractivity contribution in [1.82, 2.24) is 0 Å². The molecule has 4 rings (SSSR count). The van der Waals surface area contributed by atoms with Crippen LogP contribution in [0.3, 0.4) is 0 Å². The number of hydrogen-bond donors (Lipinski definition) is 1. The first kappa shape index (κ1) is 27.8. The highest BCUT2D eigenvalue weighted by Gasteiger charge is 2.47. The van der Waals surface area contributed by atoms with Gasteiger partial charge in [-0.3, -0.25) is 14.5 Å². The van der Waals surface area contributed by atoms with Crippen molar-refractivity contribution in [3.63, 3.8) is 0 Å². The lowest BCUT2D eigenvalue weighted by molar-refractivity contribution is -0.132. The van der Waals surface area contributed by atoms with E-state index < -0.39 is 17.7 Å². The molecule has 3 aromatic carbocycles. The molecule has 1 aliphatic heterocycles. The molecule has 1 unspecified atom stereocenters. The van der Waals surface area contributed by atoms with E-state index in [0.29, 0.717) is 53.2 Å². The molecule has 1 N–H and O–H groups in total. The van der Waals surface area contributed by atoms with E-state index >= 15 is 0 Å². The molecule has 1 amide bonds. The lowest BCUT2D eigenvalue weighted by Gasteiger charge is -2.26. The summed E-state index contributed by atoms with van der Waals surface area (Å²) in [5.41, 5.74) is 1.62. The Hall–Kier alpha value is -4.26. The zero-order valence-electron chi connectivity index (χ0n) is 23.0. The summed E-state index contributed by atoms with van der Waals surface area (Å²) in [5, 5.41) is 11.4. The fourth-order valence-electron chi connectivity index (χ4n) is 4.41. The van der Waals surface area contributed by atoms with Gasteiger partial charge in [0.05, 0.1) is 30.9 Å². The van der Waals surface area contributed by atoms with Crippen LogP contribution >= 0.6 is 0 Å². The molecule has 0 aliphatic carbocycles. The average Bonchev–Trinajstić information content (AvgIpc) is 3.18. The van der Waals surface area contributed by atoms with Crippen LogP contribution in [0.2, 0.25) is 0 Å². The zero-order chi connectivity index (χ0) is 28.1. The molecule has 0 radical (unpaired) electrons. The van der Waals surface area contributed by atoms with Crippen molar-refractivity contribution in [2.75, 3.05) is 18.1 Å². The van der Waals surface area contributed by atoms with E-state index in [1.165, 1.54) is 4.90 Å². The smallest absolute Gasteiger partial charge is 0.300 e. The third kappa shape index (κ3) is 6.25. The van der Waals surface area contributed by atoms with Crippen LogP contribution < -0.4 is 19.1 Å². The van der Waals surface area contributed by atoms with Crippen LogP contribution in [0, 0.1) is 5.92 Å². The standard InChI is InChI=1S/C32H35NO6/c1-6-37-25-17-11-24(12-18-25)33-29(22-7-15-27(16-8-22)39-21(4)5)28(31(35)32(33)36)30(34)23-9-13-26(14-10-23)38-19-20(2)3/h7-18,20-21,29,34H,6,19H2,1-5H3/b30-28+. The van der Waals surface area contributed by atoms with Gasteiger partial charge in [0, 0.05) is 11.3 Å². The van der Waals surface area contributed by atoms with E-state index in [9.17, 15) is 14.7 Å². The van der Waals surface area contributed by atoms with Crippen molar-refractivity contribution < 1.29 is 28.9 Å². The van der Waals surface area contributed by atoms with Crippen molar-refractivity contribution >= 4 is 23.1 Å². The molecule has 0 bridgehead atoms. The summed E-state index contributed by atoms with van der Waals surface area (Å²) in [7, 11) is 0. The Kier molecular flexibility index (Phi) is 8.59. The van der Waals surface area contributed by atoms with Gasteiger partial charge in [0.15, 0.2) is 0 Å². The van der Waals surface area contributed by atoms with Gasteiger partial charge in [0.2, 0.25) is 0 Å². The first-order chi connectivity index (χ1) is 18.7. The molecule has 1 fully saturated rings. The summed E-state index contributed by atoms with van der Waals surface area (Å²) < 4.78 is 17.1. The highest BCUT2D eigenvalue weighted by Crippen LogP contribution is 2.43. The van der Waals surface area contributed by atoms with Gasteiger partial charge >= 0.3 is 0 Å². The average molecular weight is 530 g/mol. The molecule has 7 heteroatoms. The number of amides is 1. The second-order valence-corrected chi connectivity index (χ2v) is 10.1. The molecule has 0 aromatic heterocycles. The number of Topliss-reactive ketones (excluding diaryl/α,β-unsaturated/α-hetero) is 1. The summed E-state index contributed by atoms with van der Waals surface area (Å²) in [6.45, 7) is 11.0. The van der Waals surface area contributed by atoms with E-state index in [2.05, 4.69) is 13.8 Å². The van der Waals surface area contributed by atoms with E-state index in [1.54, 1.807) is 60.7 Å². The molecule has 204 valence electrons. The Morgan fingerprint density at radius 2 is 1.38 bits per heavy atom. The van der Waals surface area contributed by atoms with Crippen molar-refractivity contribution in [3.8, 4) is 17.2 Å².